The number of nitrogens with one attached hydrogen (secondary N) is 1. The van der Waals surface area contributed by atoms with E-state index in [4.69, 9.17) is 5.84 Å². The summed E-state index contributed by atoms with van der Waals surface area (Å²) in [7, 11) is 0. The van der Waals surface area contributed by atoms with Gasteiger partial charge < -0.3 is 0 Å². The van der Waals surface area contributed by atoms with Crippen LogP contribution in [0.15, 0.2) is 23.6 Å². The fourth-order valence-electron chi connectivity index (χ4n) is 2.03. The normalized spacial score (nSPS) is 12.7. The number of nitrogens with two attached hydrogens (primary N) is 1. The van der Waals surface area contributed by atoms with Crippen molar-refractivity contribution in [1.82, 2.24) is 10.4 Å². The van der Waals surface area contributed by atoms with Crippen LogP contribution in [0.2, 0.25) is 0 Å². The average Bonchev–Trinajstić information content (AvgIpc) is 2.64. The Balaban J connectivity index is 2.41. The number of rotatable bonds is 3. The molecule has 0 bridgehead atoms. The first-order valence-corrected chi connectivity index (χ1v) is 6.44. The van der Waals surface area contributed by atoms with Crippen molar-refractivity contribution in [2.24, 2.45) is 5.84 Å². The SMILES string of the molecule is Cc1cc(C(NN)c2csc(C)c2)cc(C)n1. The van der Waals surface area contributed by atoms with Crippen LogP contribution in [0.4, 0.5) is 0 Å². The maximum atomic E-state index is 5.68. The Morgan fingerprint density at radius 3 is 2.24 bits per heavy atom. The Labute approximate surface area is 106 Å². The van der Waals surface area contributed by atoms with Crippen molar-refractivity contribution in [2.75, 3.05) is 0 Å². The van der Waals surface area contributed by atoms with E-state index in [0.717, 1.165) is 17.0 Å². The van der Waals surface area contributed by atoms with E-state index in [1.165, 1.54) is 10.4 Å². The van der Waals surface area contributed by atoms with E-state index in [9.17, 15) is 0 Å². The summed E-state index contributed by atoms with van der Waals surface area (Å²) in [5.41, 5.74) is 7.29. The Morgan fingerprint density at radius 2 is 1.76 bits per heavy atom. The highest BCUT2D eigenvalue weighted by Crippen LogP contribution is 2.26. The highest BCUT2D eigenvalue weighted by molar-refractivity contribution is 7.10. The number of aryl methyl sites for hydroxylation is 3. The Bertz CT molecular complexity index is 499. The van der Waals surface area contributed by atoms with Gasteiger partial charge in [-0.2, -0.15) is 0 Å². The van der Waals surface area contributed by atoms with E-state index >= 15 is 0 Å². The van der Waals surface area contributed by atoms with Crippen molar-refractivity contribution in [3.63, 3.8) is 0 Å². The predicted octanol–water partition coefficient (Wildman–Crippen LogP) is 2.62. The quantitative estimate of drug-likeness (QED) is 0.647. The zero-order chi connectivity index (χ0) is 12.4. The molecule has 0 aliphatic rings. The van der Waals surface area contributed by atoms with E-state index in [1.807, 2.05) is 13.8 Å². The van der Waals surface area contributed by atoms with Crippen molar-refractivity contribution < 1.29 is 0 Å². The molecule has 90 valence electrons. The lowest BCUT2D eigenvalue weighted by atomic mass is 10.0. The number of nitrogens with zero attached hydrogens (tertiary/aromatic N) is 1. The predicted molar refractivity (Wildman–Crippen MR) is 71.9 cm³/mol. The molecule has 0 aliphatic carbocycles. The van der Waals surface area contributed by atoms with Crippen LogP contribution in [0.1, 0.15) is 33.4 Å². The summed E-state index contributed by atoms with van der Waals surface area (Å²) >= 11 is 1.74. The van der Waals surface area contributed by atoms with Gasteiger partial charge in [0.2, 0.25) is 0 Å². The molecule has 0 aromatic carbocycles. The van der Waals surface area contributed by atoms with Crippen molar-refractivity contribution in [1.29, 1.82) is 0 Å². The summed E-state index contributed by atoms with van der Waals surface area (Å²) in [6.45, 7) is 6.11. The molecule has 17 heavy (non-hydrogen) atoms. The number of hydrogen-bond acceptors (Lipinski definition) is 4. The number of thiophene rings is 1. The van der Waals surface area contributed by atoms with Gasteiger partial charge in [0, 0.05) is 16.3 Å². The minimum atomic E-state index is 0.0420. The van der Waals surface area contributed by atoms with E-state index in [2.05, 4.69) is 40.9 Å². The van der Waals surface area contributed by atoms with Gasteiger partial charge in [0.25, 0.3) is 0 Å². The van der Waals surface area contributed by atoms with E-state index in [0.29, 0.717) is 0 Å². The number of hydrazine groups is 1. The maximum absolute atomic E-state index is 5.68. The minimum Gasteiger partial charge on any atom is -0.271 e. The largest absolute Gasteiger partial charge is 0.271 e. The van der Waals surface area contributed by atoms with Gasteiger partial charge in [-0.1, -0.05) is 0 Å². The smallest absolute Gasteiger partial charge is 0.0719 e. The molecule has 4 heteroatoms. The molecule has 0 saturated heterocycles. The van der Waals surface area contributed by atoms with Gasteiger partial charge in [0.05, 0.1) is 6.04 Å². The van der Waals surface area contributed by atoms with Gasteiger partial charge in [-0.05, 0) is 55.5 Å². The van der Waals surface area contributed by atoms with Crippen LogP contribution in [-0.2, 0) is 0 Å². The molecular weight excluding hydrogens is 230 g/mol. The van der Waals surface area contributed by atoms with Crippen LogP contribution in [0.3, 0.4) is 0 Å². The molecule has 0 aliphatic heterocycles. The molecule has 0 fully saturated rings. The number of hydrogen-bond donors (Lipinski definition) is 2. The monoisotopic (exact) mass is 247 g/mol. The molecule has 3 nitrogen and oxygen atoms in total. The lowest BCUT2D eigenvalue weighted by molar-refractivity contribution is 0.636. The third kappa shape index (κ3) is 2.72. The minimum absolute atomic E-state index is 0.0420. The topological polar surface area (TPSA) is 50.9 Å². The van der Waals surface area contributed by atoms with Crippen LogP contribution in [0.25, 0.3) is 0 Å². The first-order valence-electron chi connectivity index (χ1n) is 5.56. The van der Waals surface area contributed by atoms with Gasteiger partial charge >= 0.3 is 0 Å². The summed E-state index contributed by atoms with van der Waals surface area (Å²) in [6.07, 6.45) is 0. The molecule has 0 saturated carbocycles. The van der Waals surface area contributed by atoms with Crippen molar-refractivity contribution in [2.45, 2.75) is 26.8 Å². The fourth-order valence-corrected chi connectivity index (χ4v) is 2.76. The summed E-state index contributed by atoms with van der Waals surface area (Å²) in [4.78, 5) is 5.68. The maximum Gasteiger partial charge on any atom is 0.0719 e. The summed E-state index contributed by atoms with van der Waals surface area (Å²) in [6, 6.07) is 6.36. The molecule has 2 aromatic rings. The fraction of sp³-hybridized carbons (Fsp3) is 0.308. The van der Waals surface area contributed by atoms with Gasteiger partial charge in [-0.25, -0.2) is 5.43 Å². The van der Waals surface area contributed by atoms with Crippen LogP contribution in [-0.4, -0.2) is 4.98 Å². The Morgan fingerprint density at radius 1 is 1.12 bits per heavy atom. The molecule has 2 heterocycles. The van der Waals surface area contributed by atoms with Gasteiger partial charge in [0.15, 0.2) is 0 Å². The second-order valence-electron chi connectivity index (χ2n) is 4.27. The molecule has 0 radical (unpaired) electrons. The lowest BCUT2D eigenvalue weighted by Gasteiger charge is -2.16. The zero-order valence-corrected chi connectivity index (χ0v) is 11.1. The third-order valence-electron chi connectivity index (χ3n) is 2.69. The van der Waals surface area contributed by atoms with Gasteiger partial charge in [0.1, 0.15) is 0 Å². The summed E-state index contributed by atoms with van der Waals surface area (Å²) in [5, 5.41) is 2.14. The molecule has 0 spiro atoms. The first kappa shape index (κ1) is 12.2. The average molecular weight is 247 g/mol. The molecule has 0 amide bonds. The molecule has 1 atom stereocenters. The van der Waals surface area contributed by atoms with Crippen molar-refractivity contribution in [3.8, 4) is 0 Å². The highest BCUT2D eigenvalue weighted by atomic mass is 32.1. The van der Waals surface area contributed by atoms with Crippen LogP contribution in [0.5, 0.6) is 0 Å². The highest BCUT2D eigenvalue weighted by Gasteiger charge is 2.14. The molecule has 2 rings (SSSR count). The standard InChI is InChI=1S/C13H17N3S/c1-8-4-11(5-9(2)15-8)13(16-14)12-6-10(3)17-7-12/h4-7,13,16H,14H2,1-3H3. The van der Waals surface area contributed by atoms with Gasteiger partial charge in [-0.3, -0.25) is 10.8 Å². The van der Waals surface area contributed by atoms with Crippen LogP contribution in [0, 0.1) is 20.8 Å². The second-order valence-corrected chi connectivity index (χ2v) is 5.39. The zero-order valence-electron chi connectivity index (χ0n) is 10.3. The first-order chi connectivity index (χ1) is 8.10. The number of pyridine rings is 1. The Kier molecular flexibility index (Phi) is 3.57. The van der Waals surface area contributed by atoms with Crippen molar-refractivity contribution >= 4 is 11.3 Å². The molecule has 3 N–H and O–H groups in total. The molecular formula is C13H17N3S. The van der Waals surface area contributed by atoms with Crippen molar-refractivity contribution in [3.05, 3.63) is 51.0 Å². The number of aromatic nitrogens is 1. The third-order valence-corrected chi connectivity index (χ3v) is 3.57. The lowest BCUT2D eigenvalue weighted by Crippen LogP contribution is -2.28. The van der Waals surface area contributed by atoms with E-state index in [-0.39, 0.29) is 6.04 Å². The van der Waals surface area contributed by atoms with Crippen LogP contribution < -0.4 is 11.3 Å². The Hall–Kier alpha value is -1.23. The summed E-state index contributed by atoms with van der Waals surface area (Å²) < 4.78 is 0. The molecule has 1 unspecified atom stereocenters. The van der Waals surface area contributed by atoms with E-state index < -0.39 is 0 Å². The van der Waals surface area contributed by atoms with Gasteiger partial charge in [-0.15, -0.1) is 11.3 Å². The molecule has 2 aromatic heterocycles. The van der Waals surface area contributed by atoms with Crippen LogP contribution >= 0.6 is 11.3 Å². The second kappa shape index (κ2) is 4.96. The van der Waals surface area contributed by atoms with E-state index in [1.54, 1.807) is 11.3 Å². The summed E-state index contributed by atoms with van der Waals surface area (Å²) in [5.74, 6) is 5.68.